The van der Waals surface area contributed by atoms with E-state index in [0.29, 0.717) is 16.9 Å². The predicted octanol–water partition coefficient (Wildman–Crippen LogP) is 4.69. The van der Waals surface area contributed by atoms with Crippen molar-refractivity contribution in [1.82, 2.24) is 0 Å². The van der Waals surface area contributed by atoms with Gasteiger partial charge < -0.3 is 4.74 Å². The predicted molar refractivity (Wildman–Crippen MR) is 86.3 cm³/mol. The summed E-state index contributed by atoms with van der Waals surface area (Å²) in [5, 5.41) is 0. The zero-order valence-electron chi connectivity index (χ0n) is 13.8. The molecule has 0 aliphatic heterocycles. The van der Waals surface area contributed by atoms with Gasteiger partial charge in [-0.25, -0.2) is 0 Å². The van der Waals surface area contributed by atoms with E-state index < -0.39 is 11.7 Å². The molecule has 0 aromatic heterocycles. The average Bonchev–Trinajstić information content (AvgIpc) is 2.47. The van der Waals surface area contributed by atoms with E-state index in [-0.39, 0.29) is 18.6 Å². The van der Waals surface area contributed by atoms with Crippen molar-refractivity contribution in [2.75, 3.05) is 7.11 Å². The monoisotopic (exact) mass is 336 g/mol. The number of halogens is 3. The fourth-order valence-corrected chi connectivity index (χ4v) is 2.62. The van der Waals surface area contributed by atoms with E-state index in [1.54, 1.807) is 26.2 Å². The molecular formula is C19H19F3O2. The number of ether oxygens (including phenoxy) is 1. The fourth-order valence-electron chi connectivity index (χ4n) is 2.62. The molecule has 0 N–H and O–H groups in total. The van der Waals surface area contributed by atoms with Crippen LogP contribution >= 0.6 is 0 Å². The molecule has 0 saturated carbocycles. The third-order valence-corrected chi connectivity index (χ3v) is 3.74. The lowest BCUT2D eigenvalue weighted by molar-refractivity contribution is -0.137. The van der Waals surface area contributed by atoms with Gasteiger partial charge >= 0.3 is 6.18 Å². The zero-order chi connectivity index (χ0) is 17.9. The summed E-state index contributed by atoms with van der Waals surface area (Å²) in [5.74, 6) is 0.551. The van der Waals surface area contributed by atoms with Gasteiger partial charge in [0.25, 0.3) is 0 Å². The number of methoxy groups -OCH3 is 1. The van der Waals surface area contributed by atoms with E-state index in [9.17, 15) is 18.0 Å². The summed E-state index contributed by atoms with van der Waals surface area (Å²) in [7, 11) is 1.55. The van der Waals surface area contributed by atoms with Gasteiger partial charge in [-0.05, 0) is 48.7 Å². The Morgan fingerprint density at radius 1 is 1.00 bits per heavy atom. The number of ketones is 1. The van der Waals surface area contributed by atoms with Crippen molar-refractivity contribution in [3.8, 4) is 5.75 Å². The summed E-state index contributed by atoms with van der Waals surface area (Å²) < 4.78 is 43.8. The number of hydrogen-bond acceptors (Lipinski definition) is 2. The number of benzene rings is 2. The molecular weight excluding hydrogens is 317 g/mol. The van der Waals surface area contributed by atoms with E-state index >= 15 is 0 Å². The van der Waals surface area contributed by atoms with Gasteiger partial charge in [-0.2, -0.15) is 13.2 Å². The zero-order valence-corrected chi connectivity index (χ0v) is 13.8. The molecule has 0 heterocycles. The molecule has 0 bridgehead atoms. The van der Waals surface area contributed by atoms with Crippen molar-refractivity contribution < 1.29 is 22.7 Å². The normalized spacial score (nSPS) is 11.4. The topological polar surface area (TPSA) is 26.3 Å². The van der Waals surface area contributed by atoms with Crippen LogP contribution in [0.15, 0.2) is 36.4 Å². The minimum Gasteiger partial charge on any atom is -0.496 e. The van der Waals surface area contributed by atoms with E-state index in [1.807, 2.05) is 19.1 Å². The van der Waals surface area contributed by atoms with Gasteiger partial charge in [-0.3, -0.25) is 4.79 Å². The molecule has 0 spiro atoms. The van der Waals surface area contributed by atoms with Crippen LogP contribution in [0.3, 0.4) is 0 Å². The molecule has 24 heavy (non-hydrogen) atoms. The van der Waals surface area contributed by atoms with Gasteiger partial charge in [0.05, 0.1) is 12.7 Å². The van der Waals surface area contributed by atoms with Gasteiger partial charge in [-0.15, -0.1) is 0 Å². The lowest BCUT2D eigenvalue weighted by Crippen LogP contribution is -2.10. The summed E-state index contributed by atoms with van der Waals surface area (Å²) >= 11 is 0. The maximum Gasteiger partial charge on any atom is 0.416 e. The highest BCUT2D eigenvalue weighted by Crippen LogP contribution is 2.30. The van der Waals surface area contributed by atoms with Gasteiger partial charge in [-0.1, -0.05) is 23.8 Å². The Hall–Kier alpha value is -2.30. The molecule has 0 aliphatic carbocycles. The minimum atomic E-state index is -4.41. The first-order valence-corrected chi connectivity index (χ1v) is 7.52. The van der Waals surface area contributed by atoms with Crippen LogP contribution in [-0.2, 0) is 23.8 Å². The second kappa shape index (κ2) is 7.07. The van der Waals surface area contributed by atoms with Crippen molar-refractivity contribution in [3.05, 3.63) is 64.2 Å². The van der Waals surface area contributed by atoms with Gasteiger partial charge in [0.15, 0.2) is 0 Å². The smallest absolute Gasteiger partial charge is 0.416 e. The second-order valence-electron chi connectivity index (χ2n) is 5.90. The van der Waals surface area contributed by atoms with Crippen molar-refractivity contribution in [1.29, 1.82) is 0 Å². The standard InChI is InChI=1S/C19H19F3O2/c1-12-6-15(8-16(7-12)19(20,21)22)10-17(23)9-14-5-4-13(2)18(11-14)24-3/h4-8,11H,9-10H2,1-3H3. The lowest BCUT2D eigenvalue weighted by atomic mass is 9.98. The molecule has 0 atom stereocenters. The maximum absolute atomic E-state index is 12.9. The Bertz CT molecular complexity index is 749. The van der Waals surface area contributed by atoms with Crippen LogP contribution < -0.4 is 4.74 Å². The van der Waals surface area contributed by atoms with E-state index in [1.165, 1.54) is 0 Å². The first kappa shape index (κ1) is 18.0. The Morgan fingerprint density at radius 3 is 2.29 bits per heavy atom. The lowest BCUT2D eigenvalue weighted by Gasteiger charge is -2.11. The summed E-state index contributed by atoms with van der Waals surface area (Å²) in [6.45, 7) is 3.49. The van der Waals surface area contributed by atoms with Crippen LogP contribution in [0.25, 0.3) is 0 Å². The third-order valence-electron chi connectivity index (χ3n) is 3.74. The highest BCUT2D eigenvalue weighted by Gasteiger charge is 2.30. The van der Waals surface area contributed by atoms with Crippen LogP contribution in [0.5, 0.6) is 5.75 Å². The highest BCUT2D eigenvalue weighted by molar-refractivity contribution is 5.83. The number of aryl methyl sites for hydroxylation is 2. The SMILES string of the molecule is COc1cc(CC(=O)Cc2cc(C)cc(C(F)(F)F)c2)ccc1C. The molecule has 0 amide bonds. The van der Waals surface area contributed by atoms with Crippen molar-refractivity contribution in [2.24, 2.45) is 0 Å². The van der Waals surface area contributed by atoms with Gasteiger partial charge in [0.1, 0.15) is 11.5 Å². The van der Waals surface area contributed by atoms with Crippen LogP contribution in [0.4, 0.5) is 13.2 Å². The van der Waals surface area contributed by atoms with Crippen LogP contribution in [0.2, 0.25) is 0 Å². The van der Waals surface area contributed by atoms with Gasteiger partial charge in [0, 0.05) is 12.8 Å². The molecule has 2 aromatic carbocycles. The number of carbonyl (C=O) groups excluding carboxylic acids is 1. The molecule has 2 rings (SSSR count). The molecule has 0 unspecified atom stereocenters. The summed E-state index contributed by atoms with van der Waals surface area (Å²) in [5.41, 5.74) is 1.90. The molecule has 128 valence electrons. The number of carbonyl (C=O) groups is 1. The number of Topliss-reactive ketones (excluding diaryl/α,β-unsaturated/α-hetero) is 1. The van der Waals surface area contributed by atoms with Crippen molar-refractivity contribution in [3.63, 3.8) is 0 Å². The first-order chi connectivity index (χ1) is 11.2. The van der Waals surface area contributed by atoms with Crippen LogP contribution in [0.1, 0.15) is 27.8 Å². The quantitative estimate of drug-likeness (QED) is 0.792. The molecule has 0 saturated heterocycles. The first-order valence-electron chi connectivity index (χ1n) is 7.52. The molecule has 0 fully saturated rings. The molecule has 2 aromatic rings. The minimum absolute atomic E-state index is 0.0268. The van der Waals surface area contributed by atoms with Crippen LogP contribution in [0, 0.1) is 13.8 Å². The fraction of sp³-hybridized carbons (Fsp3) is 0.316. The van der Waals surface area contributed by atoms with E-state index in [4.69, 9.17) is 4.74 Å². The molecule has 2 nitrogen and oxygen atoms in total. The maximum atomic E-state index is 12.9. The largest absolute Gasteiger partial charge is 0.496 e. The number of alkyl halides is 3. The number of rotatable bonds is 5. The molecule has 0 aliphatic rings. The van der Waals surface area contributed by atoms with Crippen molar-refractivity contribution >= 4 is 5.78 Å². The Balaban J connectivity index is 2.14. The summed E-state index contributed by atoms with van der Waals surface area (Å²) in [6.07, 6.45) is -4.28. The van der Waals surface area contributed by atoms with Gasteiger partial charge in [0.2, 0.25) is 0 Å². The van der Waals surface area contributed by atoms with E-state index in [0.717, 1.165) is 23.3 Å². The highest BCUT2D eigenvalue weighted by atomic mass is 19.4. The Morgan fingerprint density at radius 2 is 1.67 bits per heavy atom. The molecule has 0 radical (unpaired) electrons. The third kappa shape index (κ3) is 4.60. The summed E-state index contributed by atoms with van der Waals surface area (Å²) in [4.78, 5) is 12.2. The Labute approximate surface area is 139 Å². The second-order valence-corrected chi connectivity index (χ2v) is 5.90. The van der Waals surface area contributed by atoms with Crippen LogP contribution in [-0.4, -0.2) is 12.9 Å². The van der Waals surface area contributed by atoms with E-state index in [2.05, 4.69) is 0 Å². The molecule has 5 heteroatoms. The number of hydrogen-bond donors (Lipinski definition) is 0. The summed E-state index contributed by atoms with van der Waals surface area (Å²) in [6, 6.07) is 9.20. The van der Waals surface area contributed by atoms with Crippen molar-refractivity contribution in [2.45, 2.75) is 32.9 Å². The Kier molecular flexibility index (Phi) is 5.32. The average molecular weight is 336 g/mol.